The summed E-state index contributed by atoms with van der Waals surface area (Å²) in [6, 6.07) is 46.9. The van der Waals surface area contributed by atoms with Crippen LogP contribution >= 0.6 is 0 Å². The zero-order valence-corrected chi connectivity index (χ0v) is 25.4. The first-order chi connectivity index (χ1) is 19.4. The molecule has 0 heterocycles. The van der Waals surface area contributed by atoms with Crippen molar-refractivity contribution in [1.29, 1.82) is 0 Å². The highest BCUT2D eigenvalue weighted by Crippen LogP contribution is 2.35. The zero-order valence-electron chi connectivity index (χ0n) is 25.4. The number of rotatable bonds is 2. The van der Waals surface area contributed by atoms with Gasteiger partial charge in [0.1, 0.15) is 0 Å². The summed E-state index contributed by atoms with van der Waals surface area (Å²) in [7, 11) is 0. The summed E-state index contributed by atoms with van der Waals surface area (Å²) in [6.45, 7) is 16.0. The summed E-state index contributed by atoms with van der Waals surface area (Å²) < 4.78 is 0. The summed E-state index contributed by atoms with van der Waals surface area (Å²) in [6.07, 6.45) is 1.10. The lowest BCUT2D eigenvalue weighted by Crippen LogP contribution is -1.83. The van der Waals surface area contributed by atoms with Crippen LogP contribution in [-0.2, 0) is 6.42 Å². The van der Waals surface area contributed by atoms with Crippen molar-refractivity contribution >= 4 is 0 Å². The van der Waals surface area contributed by atoms with Gasteiger partial charge in [-0.2, -0.15) is 0 Å². The standard InChI is InChI=1S/C18H14.C13H10.4C2H6/c1-3-9-15(10-4-1)17-13-7-8-14-18(17)16-11-5-2-6-12-16;1-3-7-12-10(5-1)9-11-6-2-4-8-13(11)12;4*1-2/h1-14H;1-8H,9H2;4*1-2H3. The third-order valence-electron chi connectivity index (χ3n) is 5.80. The van der Waals surface area contributed by atoms with Crippen molar-refractivity contribution in [2.24, 2.45) is 0 Å². The normalized spacial score (nSPS) is 9.44. The van der Waals surface area contributed by atoms with Crippen molar-refractivity contribution < 1.29 is 0 Å². The highest BCUT2D eigenvalue weighted by atomic mass is 14.2. The predicted octanol–water partition coefficient (Wildman–Crippen LogP) is 12.4. The monoisotopic (exact) mass is 516 g/mol. The first-order valence-corrected chi connectivity index (χ1v) is 14.8. The molecular formula is C39H48. The summed E-state index contributed by atoms with van der Waals surface area (Å²) in [5, 5.41) is 0. The smallest absolute Gasteiger partial charge is 0.00135 e. The van der Waals surface area contributed by atoms with E-state index in [-0.39, 0.29) is 0 Å². The Kier molecular flexibility index (Phi) is 17.1. The quantitative estimate of drug-likeness (QED) is 0.215. The van der Waals surface area contributed by atoms with Gasteiger partial charge in [0.2, 0.25) is 0 Å². The first kappa shape index (κ1) is 33.1. The van der Waals surface area contributed by atoms with Gasteiger partial charge in [-0.3, -0.25) is 0 Å². The molecule has 1 aliphatic carbocycles. The van der Waals surface area contributed by atoms with Crippen LogP contribution in [0.15, 0.2) is 133 Å². The SMILES string of the molecule is CC.CC.CC.CC.c1ccc(-c2ccccc2-c2ccccc2)cc1.c1ccc2c(c1)Cc1ccccc1-2. The second-order valence-electron chi connectivity index (χ2n) is 7.77. The van der Waals surface area contributed by atoms with Gasteiger partial charge >= 0.3 is 0 Å². The molecular weight excluding hydrogens is 468 g/mol. The van der Waals surface area contributed by atoms with Crippen molar-refractivity contribution in [2.45, 2.75) is 61.8 Å². The molecule has 0 bridgehead atoms. The first-order valence-electron chi connectivity index (χ1n) is 14.8. The maximum absolute atomic E-state index is 2.22. The molecule has 0 heteroatoms. The number of benzene rings is 5. The minimum Gasteiger partial charge on any atom is -0.0683 e. The second-order valence-corrected chi connectivity index (χ2v) is 7.77. The maximum atomic E-state index is 2.22. The molecule has 0 saturated heterocycles. The Labute approximate surface area is 239 Å². The van der Waals surface area contributed by atoms with Crippen LogP contribution in [0.1, 0.15) is 66.5 Å². The fourth-order valence-corrected chi connectivity index (χ4v) is 4.30. The molecule has 0 N–H and O–H groups in total. The van der Waals surface area contributed by atoms with Crippen LogP contribution in [-0.4, -0.2) is 0 Å². The Hall–Kier alpha value is -3.90. The van der Waals surface area contributed by atoms with Gasteiger partial charge in [-0.15, -0.1) is 0 Å². The third kappa shape index (κ3) is 9.41. The summed E-state index contributed by atoms with van der Waals surface area (Å²) in [5.74, 6) is 0. The molecule has 0 nitrogen and oxygen atoms in total. The van der Waals surface area contributed by atoms with E-state index < -0.39 is 0 Å². The fourth-order valence-electron chi connectivity index (χ4n) is 4.30. The van der Waals surface area contributed by atoms with Gasteiger partial charge < -0.3 is 0 Å². The molecule has 39 heavy (non-hydrogen) atoms. The predicted molar refractivity (Wildman–Crippen MR) is 177 cm³/mol. The van der Waals surface area contributed by atoms with E-state index in [0.717, 1.165) is 6.42 Å². The third-order valence-corrected chi connectivity index (χ3v) is 5.80. The highest BCUT2D eigenvalue weighted by Gasteiger charge is 2.15. The Morgan fingerprint density at radius 3 is 0.872 bits per heavy atom. The molecule has 0 amide bonds. The van der Waals surface area contributed by atoms with Crippen LogP contribution in [0.25, 0.3) is 33.4 Å². The molecule has 0 atom stereocenters. The minimum atomic E-state index is 1.10. The largest absolute Gasteiger partial charge is 0.0683 e. The molecule has 0 radical (unpaired) electrons. The fraction of sp³-hybridized carbons (Fsp3) is 0.231. The number of hydrogen-bond acceptors (Lipinski definition) is 0. The van der Waals surface area contributed by atoms with Gasteiger partial charge in [-0.05, 0) is 50.9 Å². The van der Waals surface area contributed by atoms with E-state index in [2.05, 4.69) is 133 Å². The molecule has 6 rings (SSSR count). The van der Waals surface area contributed by atoms with Crippen LogP contribution in [0.5, 0.6) is 0 Å². The summed E-state index contributed by atoms with van der Waals surface area (Å²) >= 11 is 0. The maximum Gasteiger partial charge on any atom is -0.00135 e. The Morgan fingerprint density at radius 2 is 0.538 bits per heavy atom. The molecule has 0 saturated carbocycles. The second kappa shape index (κ2) is 20.1. The van der Waals surface area contributed by atoms with Gasteiger partial charge in [0.15, 0.2) is 0 Å². The van der Waals surface area contributed by atoms with E-state index in [1.54, 1.807) is 0 Å². The number of fused-ring (bicyclic) bond motifs is 3. The molecule has 0 fully saturated rings. The lowest BCUT2D eigenvalue weighted by atomic mass is 9.95. The molecule has 204 valence electrons. The average Bonchev–Trinajstić information content (AvgIpc) is 3.45. The van der Waals surface area contributed by atoms with Crippen LogP contribution < -0.4 is 0 Å². The van der Waals surface area contributed by atoms with Gasteiger partial charge in [0.05, 0.1) is 0 Å². The van der Waals surface area contributed by atoms with E-state index in [1.807, 2.05) is 55.4 Å². The lowest BCUT2D eigenvalue weighted by molar-refractivity contribution is 1.26. The highest BCUT2D eigenvalue weighted by molar-refractivity contribution is 5.83. The summed E-state index contributed by atoms with van der Waals surface area (Å²) in [4.78, 5) is 0. The van der Waals surface area contributed by atoms with Crippen molar-refractivity contribution in [3.8, 4) is 33.4 Å². The van der Waals surface area contributed by atoms with E-state index in [1.165, 1.54) is 44.5 Å². The molecule has 5 aromatic rings. The molecule has 0 aromatic heterocycles. The van der Waals surface area contributed by atoms with Gasteiger partial charge in [-0.25, -0.2) is 0 Å². The zero-order chi connectivity index (χ0) is 28.9. The van der Waals surface area contributed by atoms with Crippen molar-refractivity contribution in [3.05, 3.63) is 145 Å². The van der Waals surface area contributed by atoms with Gasteiger partial charge in [-0.1, -0.05) is 189 Å². The summed E-state index contributed by atoms with van der Waals surface area (Å²) in [5.41, 5.74) is 10.8. The minimum absolute atomic E-state index is 1.10. The van der Waals surface area contributed by atoms with Crippen LogP contribution in [0, 0.1) is 0 Å². The molecule has 0 unspecified atom stereocenters. The van der Waals surface area contributed by atoms with Gasteiger partial charge in [0, 0.05) is 0 Å². The average molecular weight is 517 g/mol. The molecule has 5 aromatic carbocycles. The van der Waals surface area contributed by atoms with E-state index >= 15 is 0 Å². The van der Waals surface area contributed by atoms with Crippen molar-refractivity contribution in [1.82, 2.24) is 0 Å². The Balaban J connectivity index is 0.000000319. The van der Waals surface area contributed by atoms with Crippen LogP contribution in [0.4, 0.5) is 0 Å². The van der Waals surface area contributed by atoms with Crippen LogP contribution in [0.3, 0.4) is 0 Å². The molecule has 0 spiro atoms. The van der Waals surface area contributed by atoms with Gasteiger partial charge in [0.25, 0.3) is 0 Å². The number of hydrogen-bond donors (Lipinski definition) is 0. The molecule has 0 aliphatic heterocycles. The van der Waals surface area contributed by atoms with Crippen molar-refractivity contribution in [3.63, 3.8) is 0 Å². The van der Waals surface area contributed by atoms with Crippen molar-refractivity contribution in [2.75, 3.05) is 0 Å². The van der Waals surface area contributed by atoms with E-state index in [9.17, 15) is 0 Å². The van der Waals surface area contributed by atoms with E-state index in [4.69, 9.17) is 0 Å². The Morgan fingerprint density at radius 1 is 0.282 bits per heavy atom. The lowest BCUT2D eigenvalue weighted by Gasteiger charge is -2.09. The Bertz CT molecular complexity index is 1180. The van der Waals surface area contributed by atoms with E-state index in [0.29, 0.717) is 0 Å². The van der Waals surface area contributed by atoms with Crippen LogP contribution in [0.2, 0.25) is 0 Å². The molecule has 1 aliphatic rings. The topological polar surface area (TPSA) is 0 Å².